The third-order valence-corrected chi connectivity index (χ3v) is 4.91. The zero-order valence-corrected chi connectivity index (χ0v) is 15.6. The van der Waals surface area contributed by atoms with Crippen LogP contribution in [0.1, 0.15) is 12.5 Å². The number of halogens is 1. The number of anilines is 2. The summed E-state index contributed by atoms with van der Waals surface area (Å²) in [5.41, 5.74) is 1.56. The normalized spacial score (nSPS) is 20.3. The zero-order chi connectivity index (χ0) is 20.5. The molecule has 29 heavy (non-hydrogen) atoms. The molecule has 8 nitrogen and oxygen atoms in total. The minimum absolute atomic E-state index is 0.0247. The number of carbonyl (C=O) groups excluding carboxylic acids is 3. The van der Waals surface area contributed by atoms with E-state index in [0.717, 1.165) is 16.9 Å². The molecule has 2 atom stereocenters. The summed E-state index contributed by atoms with van der Waals surface area (Å²) in [4.78, 5) is 39.0. The van der Waals surface area contributed by atoms with E-state index in [-0.39, 0.29) is 12.2 Å². The van der Waals surface area contributed by atoms with Crippen molar-refractivity contribution in [1.82, 2.24) is 5.01 Å². The van der Waals surface area contributed by atoms with Crippen molar-refractivity contribution in [3.8, 4) is 0 Å². The standard InChI is InChI=1S/C20H18FN5O3/c1-2-12-7-9-13(10-8-12)26-19(28)17-18(20(26)29)25(24-23-17)11-16(27)22-15-6-4-3-5-14(15)21/h3-10,17-18H,2,11H2,1H3,(H,22,27)/t17-,18-/m0/s1. The van der Waals surface area contributed by atoms with Crippen LogP contribution in [-0.4, -0.2) is 41.4 Å². The average molecular weight is 395 g/mol. The molecule has 148 valence electrons. The van der Waals surface area contributed by atoms with Crippen molar-refractivity contribution in [2.24, 2.45) is 10.3 Å². The Kier molecular flexibility index (Phi) is 4.79. The third-order valence-electron chi connectivity index (χ3n) is 4.91. The molecule has 2 aromatic carbocycles. The zero-order valence-electron chi connectivity index (χ0n) is 15.6. The van der Waals surface area contributed by atoms with Crippen molar-refractivity contribution in [2.45, 2.75) is 25.4 Å². The molecule has 0 aliphatic carbocycles. The highest BCUT2D eigenvalue weighted by Gasteiger charge is 2.55. The van der Waals surface area contributed by atoms with E-state index < -0.39 is 35.6 Å². The highest BCUT2D eigenvalue weighted by molar-refractivity contribution is 6.25. The maximum absolute atomic E-state index is 13.7. The van der Waals surface area contributed by atoms with Crippen molar-refractivity contribution >= 4 is 29.1 Å². The van der Waals surface area contributed by atoms with Gasteiger partial charge in [0.15, 0.2) is 12.1 Å². The second kappa shape index (κ2) is 7.42. The van der Waals surface area contributed by atoms with Gasteiger partial charge < -0.3 is 5.32 Å². The quantitative estimate of drug-likeness (QED) is 0.786. The molecule has 2 aliphatic rings. The van der Waals surface area contributed by atoms with Crippen LogP contribution in [0.5, 0.6) is 0 Å². The largest absolute Gasteiger partial charge is 0.322 e. The van der Waals surface area contributed by atoms with Crippen LogP contribution in [-0.2, 0) is 20.8 Å². The Labute approximate surface area is 166 Å². The number of hydrogen-bond donors (Lipinski definition) is 1. The van der Waals surface area contributed by atoms with Crippen LogP contribution < -0.4 is 10.2 Å². The van der Waals surface area contributed by atoms with Crippen molar-refractivity contribution in [3.05, 3.63) is 59.9 Å². The minimum Gasteiger partial charge on any atom is -0.322 e. The molecule has 1 saturated heterocycles. The Bertz CT molecular complexity index is 1010. The van der Waals surface area contributed by atoms with Crippen molar-refractivity contribution in [3.63, 3.8) is 0 Å². The number of amides is 3. The molecule has 0 saturated carbocycles. The van der Waals surface area contributed by atoms with Gasteiger partial charge in [-0.1, -0.05) is 36.4 Å². The Morgan fingerprint density at radius 3 is 2.52 bits per heavy atom. The molecule has 0 spiro atoms. The molecule has 0 aromatic heterocycles. The first-order chi connectivity index (χ1) is 14.0. The second-order valence-corrected chi connectivity index (χ2v) is 6.75. The van der Waals surface area contributed by atoms with Gasteiger partial charge in [-0.05, 0) is 36.2 Å². The van der Waals surface area contributed by atoms with E-state index in [9.17, 15) is 18.8 Å². The van der Waals surface area contributed by atoms with Crippen molar-refractivity contribution < 1.29 is 18.8 Å². The van der Waals surface area contributed by atoms with Gasteiger partial charge in [-0.3, -0.25) is 19.4 Å². The molecule has 0 bridgehead atoms. The highest BCUT2D eigenvalue weighted by atomic mass is 19.1. The number of nitrogens with zero attached hydrogens (tertiary/aromatic N) is 4. The fourth-order valence-corrected chi connectivity index (χ4v) is 3.39. The molecule has 1 fully saturated rings. The van der Waals surface area contributed by atoms with Gasteiger partial charge in [-0.15, -0.1) is 0 Å². The number of nitrogens with one attached hydrogen (secondary N) is 1. The molecule has 2 aromatic rings. The Hall–Kier alpha value is -3.62. The number of hydrogen-bond acceptors (Lipinski definition) is 6. The Morgan fingerprint density at radius 2 is 1.83 bits per heavy atom. The van der Waals surface area contributed by atoms with Crippen molar-refractivity contribution in [2.75, 3.05) is 16.8 Å². The van der Waals surface area contributed by atoms with Crippen LogP contribution in [0.4, 0.5) is 15.8 Å². The molecule has 0 radical (unpaired) electrons. The first-order valence-corrected chi connectivity index (χ1v) is 9.18. The van der Waals surface area contributed by atoms with Crippen LogP contribution in [0, 0.1) is 5.82 Å². The van der Waals surface area contributed by atoms with E-state index in [4.69, 9.17) is 0 Å². The summed E-state index contributed by atoms with van der Waals surface area (Å²) in [6.07, 6.45) is 0.840. The lowest BCUT2D eigenvalue weighted by Gasteiger charge is -2.20. The summed E-state index contributed by atoms with van der Waals surface area (Å²) in [7, 11) is 0. The molecular weight excluding hydrogens is 377 g/mol. The van der Waals surface area contributed by atoms with E-state index in [1.165, 1.54) is 23.2 Å². The number of rotatable bonds is 5. The molecule has 9 heteroatoms. The van der Waals surface area contributed by atoms with Gasteiger partial charge >= 0.3 is 0 Å². The smallest absolute Gasteiger partial charge is 0.263 e. The van der Waals surface area contributed by atoms with Gasteiger partial charge in [0.05, 0.1) is 11.4 Å². The lowest BCUT2D eigenvalue weighted by molar-refractivity contribution is -0.123. The number of fused-ring (bicyclic) bond motifs is 1. The van der Waals surface area contributed by atoms with Gasteiger partial charge in [0.25, 0.3) is 11.8 Å². The molecule has 3 amide bonds. The van der Waals surface area contributed by atoms with Gasteiger partial charge in [0.2, 0.25) is 5.91 Å². The lowest BCUT2D eigenvalue weighted by Crippen LogP contribution is -2.43. The fourth-order valence-electron chi connectivity index (χ4n) is 3.39. The van der Waals surface area contributed by atoms with Crippen LogP contribution in [0.15, 0.2) is 58.9 Å². The van der Waals surface area contributed by atoms with E-state index >= 15 is 0 Å². The van der Waals surface area contributed by atoms with Crippen LogP contribution in [0.25, 0.3) is 0 Å². The molecule has 1 N–H and O–H groups in total. The third kappa shape index (κ3) is 3.35. The monoisotopic (exact) mass is 395 g/mol. The summed E-state index contributed by atoms with van der Waals surface area (Å²) >= 11 is 0. The molecule has 2 aliphatic heterocycles. The van der Waals surface area contributed by atoms with E-state index in [2.05, 4.69) is 15.7 Å². The fraction of sp³-hybridized carbons (Fsp3) is 0.250. The highest BCUT2D eigenvalue weighted by Crippen LogP contribution is 2.32. The van der Waals surface area contributed by atoms with Gasteiger partial charge in [0.1, 0.15) is 12.4 Å². The molecule has 4 rings (SSSR count). The summed E-state index contributed by atoms with van der Waals surface area (Å²) in [5.74, 6) is -2.12. The summed E-state index contributed by atoms with van der Waals surface area (Å²) in [6.45, 7) is 1.68. The lowest BCUT2D eigenvalue weighted by atomic mass is 10.1. The number of para-hydroxylation sites is 1. The molecule has 2 heterocycles. The average Bonchev–Trinajstić information content (AvgIpc) is 3.23. The number of imide groups is 1. The minimum atomic E-state index is -0.991. The van der Waals surface area contributed by atoms with Crippen LogP contribution in [0.2, 0.25) is 0 Å². The molecule has 0 unspecified atom stereocenters. The van der Waals surface area contributed by atoms with Gasteiger partial charge in [-0.2, -0.15) is 5.11 Å². The Morgan fingerprint density at radius 1 is 1.10 bits per heavy atom. The first-order valence-electron chi connectivity index (χ1n) is 9.18. The SMILES string of the molecule is CCc1ccc(N2C(=O)[C@H]3N=NN(CC(=O)Nc4ccccc4F)[C@@H]3C2=O)cc1. The van der Waals surface area contributed by atoms with Gasteiger partial charge in [-0.25, -0.2) is 9.29 Å². The molecular formula is C20H18FN5O3. The number of aryl methyl sites for hydroxylation is 1. The van der Waals surface area contributed by atoms with Gasteiger partial charge in [0, 0.05) is 0 Å². The van der Waals surface area contributed by atoms with E-state index in [1.807, 2.05) is 19.1 Å². The number of benzene rings is 2. The number of carbonyl (C=O) groups is 3. The first kappa shape index (κ1) is 18.7. The predicted molar refractivity (Wildman–Crippen MR) is 102 cm³/mol. The van der Waals surface area contributed by atoms with E-state index in [0.29, 0.717) is 5.69 Å². The van der Waals surface area contributed by atoms with Crippen LogP contribution in [0.3, 0.4) is 0 Å². The predicted octanol–water partition coefficient (Wildman–Crippen LogP) is 2.32. The van der Waals surface area contributed by atoms with Crippen molar-refractivity contribution in [1.29, 1.82) is 0 Å². The maximum atomic E-state index is 13.7. The second-order valence-electron chi connectivity index (χ2n) is 6.75. The van der Waals surface area contributed by atoms with Crippen LogP contribution >= 0.6 is 0 Å². The van der Waals surface area contributed by atoms with E-state index in [1.54, 1.807) is 18.2 Å². The topological polar surface area (TPSA) is 94.4 Å². The summed E-state index contributed by atoms with van der Waals surface area (Å²) in [6, 6.07) is 10.9. The summed E-state index contributed by atoms with van der Waals surface area (Å²) in [5, 5.41) is 11.3. The maximum Gasteiger partial charge on any atom is 0.263 e. The Balaban J connectivity index is 1.49. The summed E-state index contributed by atoms with van der Waals surface area (Å²) < 4.78 is 13.7.